The number of nitrogens with zero attached hydrogens (tertiary/aromatic N) is 4. The van der Waals surface area contributed by atoms with Gasteiger partial charge in [0.2, 0.25) is 10.0 Å². The molecule has 1 aliphatic heterocycles. The van der Waals surface area contributed by atoms with Crippen molar-refractivity contribution in [2.24, 2.45) is 5.92 Å². The van der Waals surface area contributed by atoms with E-state index in [4.69, 9.17) is 19.7 Å². The minimum atomic E-state index is -2.94. The molecule has 1 aromatic heterocycles. The summed E-state index contributed by atoms with van der Waals surface area (Å²) in [6, 6.07) is 17.9. The zero-order valence-electron chi connectivity index (χ0n) is 29.8. The van der Waals surface area contributed by atoms with Gasteiger partial charge in [0, 0.05) is 35.8 Å². The molecule has 0 bridgehead atoms. The summed E-state index contributed by atoms with van der Waals surface area (Å²) in [5, 5.41) is 9.36. The fraction of sp³-hybridized carbons (Fsp3) is 0.568. The van der Waals surface area contributed by atoms with Gasteiger partial charge in [0.05, 0.1) is 30.4 Å². The lowest BCUT2D eigenvalue weighted by molar-refractivity contribution is -0.152. The Balaban J connectivity index is 0.000000210. The zero-order valence-corrected chi connectivity index (χ0v) is 30.6. The molecule has 49 heavy (non-hydrogen) atoms. The van der Waals surface area contributed by atoms with Gasteiger partial charge in [-0.05, 0) is 78.4 Å². The third kappa shape index (κ3) is 11.5. The maximum Gasteiger partial charge on any atom is 0.308 e. The third-order valence-electron chi connectivity index (χ3n) is 8.24. The summed E-state index contributed by atoms with van der Waals surface area (Å²) in [5.74, 6) is 0.00941. The Morgan fingerprint density at radius 2 is 1.43 bits per heavy atom. The second kappa shape index (κ2) is 17.9. The second-order valence-electron chi connectivity index (χ2n) is 13.7. The number of nitrogens with one attached hydrogen (secondary N) is 1. The third-order valence-corrected chi connectivity index (χ3v) is 10.4. The summed E-state index contributed by atoms with van der Waals surface area (Å²) in [6.45, 7) is 13.9. The number of ether oxygens (including phenoxy) is 2. The Kier molecular flexibility index (Phi) is 13.9. The molecule has 2 saturated carbocycles. The lowest BCUT2D eigenvalue weighted by Gasteiger charge is -2.27. The standard InChI is InChI=1S/C22H24N4O2.C9H16O2.C6H13NO2S/c1-16(2)26-23-20(17-7-4-3-5-8-17)21(24-26)18-9-6-10-19(15-18)22(27)25-11-13-28-14-12-25;1-7(2)9(10)11-8-5-3-4-6-8;1-5(2)7-10(8,9)6-3-4-6/h3-10,15-16H,11-14H2,1-2H3;7-8H,3-6H2,1-2H3;5-7H,3-4H2,1-2H3. The van der Waals surface area contributed by atoms with Gasteiger partial charge in [-0.1, -0.05) is 56.3 Å². The molecule has 3 fully saturated rings. The number of morpholine rings is 1. The summed E-state index contributed by atoms with van der Waals surface area (Å²) in [7, 11) is -2.94. The predicted octanol–water partition coefficient (Wildman–Crippen LogP) is 6.27. The molecule has 1 N–H and O–H groups in total. The number of sulfonamides is 1. The fourth-order valence-electron chi connectivity index (χ4n) is 5.40. The van der Waals surface area contributed by atoms with Crippen LogP contribution in [0, 0.1) is 5.92 Å². The summed E-state index contributed by atoms with van der Waals surface area (Å²) >= 11 is 0. The maximum atomic E-state index is 12.9. The highest BCUT2D eigenvalue weighted by Crippen LogP contribution is 2.31. The van der Waals surface area contributed by atoms with E-state index in [9.17, 15) is 18.0 Å². The second-order valence-corrected chi connectivity index (χ2v) is 15.7. The lowest BCUT2D eigenvalue weighted by Crippen LogP contribution is -2.40. The van der Waals surface area contributed by atoms with Crippen LogP contribution in [0.3, 0.4) is 0 Å². The van der Waals surface area contributed by atoms with Crippen LogP contribution >= 0.6 is 0 Å². The van der Waals surface area contributed by atoms with Crippen molar-refractivity contribution in [3.8, 4) is 22.5 Å². The summed E-state index contributed by atoms with van der Waals surface area (Å²) in [5.41, 5.74) is 4.18. The molecule has 2 heterocycles. The van der Waals surface area contributed by atoms with E-state index in [0.717, 1.165) is 48.2 Å². The van der Waals surface area contributed by atoms with E-state index in [0.29, 0.717) is 31.9 Å². The molecule has 2 aromatic carbocycles. The van der Waals surface area contributed by atoms with Crippen molar-refractivity contribution in [1.82, 2.24) is 24.6 Å². The molecule has 6 rings (SSSR count). The van der Waals surface area contributed by atoms with Gasteiger partial charge in [0.15, 0.2) is 0 Å². The number of hydrogen-bond donors (Lipinski definition) is 1. The molecule has 1 saturated heterocycles. The number of benzene rings is 2. The summed E-state index contributed by atoms with van der Waals surface area (Å²) in [4.78, 5) is 27.5. The van der Waals surface area contributed by atoms with Crippen LogP contribution in [0.2, 0.25) is 0 Å². The smallest absolute Gasteiger partial charge is 0.308 e. The highest BCUT2D eigenvalue weighted by atomic mass is 32.2. The van der Waals surface area contributed by atoms with Crippen LogP contribution in [-0.4, -0.2) is 83.9 Å². The first kappa shape index (κ1) is 38.2. The minimum absolute atomic E-state index is 0.0237. The Morgan fingerprint density at radius 3 is 1.98 bits per heavy atom. The molecule has 12 heteroatoms. The van der Waals surface area contributed by atoms with Crippen LogP contribution in [0.1, 0.15) is 96.5 Å². The Bertz CT molecular complexity index is 1610. The van der Waals surface area contributed by atoms with Gasteiger partial charge in [-0.3, -0.25) is 9.59 Å². The van der Waals surface area contributed by atoms with Crippen LogP contribution in [-0.2, 0) is 24.3 Å². The van der Waals surface area contributed by atoms with Crippen molar-refractivity contribution in [3.05, 3.63) is 60.2 Å². The molecular formula is C37H53N5O6S. The first-order valence-corrected chi connectivity index (χ1v) is 19.1. The Morgan fingerprint density at radius 1 is 0.837 bits per heavy atom. The fourth-order valence-corrected chi connectivity index (χ4v) is 7.00. The summed E-state index contributed by atoms with van der Waals surface area (Å²) < 4.78 is 35.3. The van der Waals surface area contributed by atoms with E-state index in [-0.39, 0.29) is 41.2 Å². The number of aromatic nitrogens is 3. The molecular weight excluding hydrogens is 643 g/mol. The molecule has 268 valence electrons. The van der Waals surface area contributed by atoms with Crippen molar-refractivity contribution >= 4 is 21.9 Å². The first-order chi connectivity index (χ1) is 23.4. The van der Waals surface area contributed by atoms with Crippen molar-refractivity contribution in [2.45, 2.75) is 104 Å². The Labute approximate surface area is 291 Å². The van der Waals surface area contributed by atoms with Crippen molar-refractivity contribution in [2.75, 3.05) is 26.3 Å². The molecule has 2 aliphatic carbocycles. The average Bonchev–Trinajstić information content (AvgIpc) is 3.66. The molecule has 1 amide bonds. The number of carbonyl (C=O) groups is 2. The van der Waals surface area contributed by atoms with Gasteiger partial charge in [-0.25, -0.2) is 13.1 Å². The van der Waals surface area contributed by atoms with Crippen molar-refractivity contribution in [1.29, 1.82) is 0 Å². The first-order valence-electron chi connectivity index (χ1n) is 17.6. The maximum absolute atomic E-state index is 12.9. The number of hydrogen-bond acceptors (Lipinski definition) is 8. The van der Waals surface area contributed by atoms with Gasteiger partial charge in [-0.2, -0.15) is 15.0 Å². The molecule has 3 aromatic rings. The van der Waals surface area contributed by atoms with Gasteiger partial charge >= 0.3 is 5.97 Å². The zero-order chi connectivity index (χ0) is 35.6. The molecule has 3 aliphatic rings. The average molecular weight is 696 g/mol. The monoisotopic (exact) mass is 695 g/mol. The van der Waals surface area contributed by atoms with Gasteiger partial charge in [0.25, 0.3) is 5.91 Å². The summed E-state index contributed by atoms with van der Waals surface area (Å²) in [6.07, 6.45) is 6.47. The van der Waals surface area contributed by atoms with Crippen molar-refractivity contribution in [3.63, 3.8) is 0 Å². The van der Waals surface area contributed by atoms with Gasteiger partial charge in [-0.15, -0.1) is 0 Å². The van der Waals surface area contributed by atoms with Crippen LogP contribution in [0.5, 0.6) is 0 Å². The molecule has 0 spiro atoms. The largest absolute Gasteiger partial charge is 0.462 e. The normalized spacial score (nSPS) is 16.6. The van der Waals surface area contributed by atoms with E-state index >= 15 is 0 Å². The number of carbonyl (C=O) groups excluding carboxylic acids is 2. The Hall–Kier alpha value is -3.61. The van der Waals surface area contributed by atoms with E-state index in [1.165, 1.54) is 12.8 Å². The van der Waals surface area contributed by atoms with Crippen LogP contribution in [0.25, 0.3) is 22.5 Å². The number of esters is 1. The van der Waals surface area contributed by atoms with E-state index in [1.54, 1.807) is 4.80 Å². The lowest BCUT2D eigenvalue weighted by atomic mass is 10.0. The predicted molar refractivity (Wildman–Crippen MR) is 191 cm³/mol. The van der Waals surface area contributed by atoms with Crippen LogP contribution < -0.4 is 4.72 Å². The molecule has 11 nitrogen and oxygen atoms in total. The van der Waals surface area contributed by atoms with Crippen LogP contribution in [0.4, 0.5) is 0 Å². The van der Waals surface area contributed by atoms with Gasteiger partial charge < -0.3 is 14.4 Å². The van der Waals surface area contributed by atoms with Gasteiger partial charge in [0.1, 0.15) is 17.5 Å². The topological polar surface area (TPSA) is 133 Å². The van der Waals surface area contributed by atoms with Crippen molar-refractivity contribution < 1.29 is 27.5 Å². The quantitative estimate of drug-likeness (QED) is 0.259. The highest BCUT2D eigenvalue weighted by molar-refractivity contribution is 7.90. The minimum Gasteiger partial charge on any atom is -0.462 e. The molecule has 0 atom stereocenters. The number of rotatable bonds is 9. The van der Waals surface area contributed by atoms with E-state index in [2.05, 4.69) is 18.6 Å². The molecule has 0 unspecified atom stereocenters. The van der Waals surface area contributed by atoms with E-state index in [1.807, 2.05) is 87.2 Å². The van der Waals surface area contributed by atoms with E-state index < -0.39 is 10.0 Å². The molecule has 0 radical (unpaired) electrons. The number of amides is 1. The SMILES string of the molecule is CC(C)C(=O)OC1CCCC1.CC(C)NS(=O)(=O)C1CC1.CC(C)n1nc(-c2ccccc2)c(-c2cccc(C(=O)N3CCOCC3)c2)n1. The highest BCUT2D eigenvalue weighted by Gasteiger charge is 2.35. The van der Waals surface area contributed by atoms with Crippen LogP contribution in [0.15, 0.2) is 54.6 Å².